The largest absolute Gasteiger partial charge is 0.493 e. The molecule has 0 heterocycles. The lowest BCUT2D eigenvalue weighted by Gasteiger charge is -2.14. The van der Waals surface area contributed by atoms with Gasteiger partial charge in [-0.1, -0.05) is 57.9 Å². The fourth-order valence-corrected chi connectivity index (χ4v) is 2.78. The third kappa shape index (κ3) is 4.65. The molecule has 0 aromatic heterocycles. The maximum Gasteiger partial charge on any atom is 0.165 e. The number of benzene rings is 2. The molecule has 21 heavy (non-hydrogen) atoms. The van der Waals surface area contributed by atoms with Crippen LogP contribution < -0.4 is 9.47 Å². The molecule has 0 bridgehead atoms. The zero-order valence-electron chi connectivity index (χ0n) is 11.9. The van der Waals surface area contributed by atoms with Crippen LogP contribution in [0.4, 0.5) is 0 Å². The Hall–Kier alpha value is -1.19. The summed E-state index contributed by atoms with van der Waals surface area (Å²) in [6, 6.07) is 14.1. The van der Waals surface area contributed by atoms with Gasteiger partial charge in [0.05, 0.1) is 13.7 Å². The number of alkyl halides is 1. The van der Waals surface area contributed by atoms with Gasteiger partial charge in [-0.05, 0) is 24.5 Å². The Bertz CT molecular complexity index is 547. The first kappa shape index (κ1) is 16.2. The van der Waals surface area contributed by atoms with Gasteiger partial charge in [0, 0.05) is 22.0 Å². The van der Waals surface area contributed by atoms with Crippen molar-refractivity contribution in [2.45, 2.75) is 18.2 Å². The highest BCUT2D eigenvalue weighted by Gasteiger charge is 2.12. The Morgan fingerprint density at radius 2 is 1.90 bits per heavy atom. The molecule has 0 unspecified atom stereocenters. The van der Waals surface area contributed by atoms with Gasteiger partial charge in [-0.15, -0.1) is 0 Å². The molecule has 0 spiro atoms. The maximum absolute atomic E-state index is 6.06. The molecular formula is C17H18BrClO2. The Morgan fingerprint density at radius 3 is 2.57 bits per heavy atom. The van der Waals surface area contributed by atoms with Gasteiger partial charge in [-0.3, -0.25) is 0 Å². The maximum atomic E-state index is 6.06. The third-order valence-electron chi connectivity index (χ3n) is 3.16. The van der Waals surface area contributed by atoms with Gasteiger partial charge in [0.1, 0.15) is 0 Å². The molecule has 0 atom stereocenters. The van der Waals surface area contributed by atoms with Crippen molar-refractivity contribution >= 4 is 27.5 Å². The Morgan fingerprint density at radius 1 is 1.14 bits per heavy atom. The van der Waals surface area contributed by atoms with Crippen LogP contribution in [0.25, 0.3) is 0 Å². The van der Waals surface area contributed by atoms with Crippen molar-refractivity contribution in [1.82, 2.24) is 0 Å². The van der Waals surface area contributed by atoms with E-state index in [1.165, 1.54) is 5.56 Å². The van der Waals surface area contributed by atoms with Crippen LogP contribution in [0.15, 0.2) is 42.5 Å². The highest BCUT2D eigenvalue weighted by atomic mass is 79.9. The average Bonchev–Trinajstić information content (AvgIpc) is 2.52. The standard InChI is InChI=1S/C17H18BrClO2/c1-20-16-11-15(19)10-14(12-18)17(16)21-9-5-8-13-6-3-2-4-7-13/h2-4,6-7,10-11H,5,8-9,12H2,1H3. The van der Waals surface area contributed by atoms with Crippen LogP contribution in [0, 0.1) is 0 Å². The van der Waals surface area contributed by atoms with Crippen LogP contribution in [-0.4, -0.2) is 13.7 Å². The summed E-state index contributed by atoms with van der Waals surface area (Å²) in [5, 5.41) is 1.33. The summed E-state index contributed by atoms with van der Waals surface area (Å²) in [5.41, 5.74) is 2.32. The number of hydrogen-bond donors (Lipinski definition) is 0. The van der Waals surface area contributed by atoms with Crippen LogP contribution in [0.3, 0.4) is 0 Å². The third-order valence-corrected chi connectivity index (χ3v) is 3.98. The van der Waals surface area contributed by atoms with Gasteiger partial charge in [0.25, 0.3) is 0 Å². The summed E-state index contributed by atoms with van der Waals surface area (Å²) in [6.07, 6.45) is 1.96. The second-order valence-electron chi connectivity index (χ2n) is 4.67. The van der Waals surface area contributed by atoms with Crippen LogP contribution in [0.5, 0.6) is 11.5 Å². The molecule has 112 valence electrons. The van der Waals surface area contributed by atoms with Crippen LogP contribution in [-0.2, 0) is 11.8 Å². The molecule has 2 aromatic rings. The summed E-state index contributed by atoms with van der Waals surface area (Å²) < 4.78 is 11.3. The van der Waals surface area contributed by atoms with Crippen molar-refractivity contribution in [2.24, 2.45) is 0 Å². The topological polar surface area (TPSA) is 18.5 Å². The molecule has 0 saturated heterocycles. The predicted molar refractivity (Wildman–Crippen MR) is 90.9 cm³/mol. The van der Waals surface area contributed by atoms with Crippen LogP contribution in [0.1, 0.15) is 17.5 Å². The quantitative estimate of drug-likeness (QED) is 0.490. The van der Waals surface area contributed by atoms with Crippen LogP contribution >= 0.6 is 27.5 Å². The molecule has 2 aromatic carbocycles. The predicted octanol–water partition coefficient (Wildman–Crippen LogP) is 5.26. The number of hydrogen-bond acceptors (Lipinski definition) is 2. The minimum Gasteiger partial charge on any atom is -0.493 e. The van der Waals surface area contributed by atoms with Crippen LogP contribution in [0.2, 0.25) is 5.02 Å². The van der Waals surface area contributed by atoms with Crippen molar-refractivity contribution in [1.29, 1.82) is 0 Å². The molecular weight excluding hydrogens is 352 g/mol. The molecule has 0 saturated carbocycles. The minimum atomic E-state index is 0.646. The molecule has 0 aliphatic rings. The summed E-state index contributed by atoms with van der Waals surface area (Å²) in [6.45, 7) is 0.646. The summed E-state index contributed by atoms with van der Waals surface area (Å²) >= 11 is 9.52. The lowest BCUT2D eigenvalue weighted by atomic mass is 10.1. The van der Waals surface area contributed by atoms with E-state index in [0.717, 1.165) is 24.2 Å². The van der Waals surface area contributed by atoms with Gasteiger partial charge < -0.3 is 9.47 Å². The Labute approximate surface area is 139 Å². The Balaban J connectivity index is 1.96. The van der Waals surface area contributed by atoms with Crippen molar-refractivity contribution in [3.63, 3.8) is 0 Å². The highest BCUT2D eigenvalue weighted by molar-refractivity contribution is 9.08. The summed E-state index contributed by atoms with van der Waals surface area (Å²) in [4.78, 5) is 0. The first-order valence-corrected chi connectivity index (χ1v) is 8.33. The molecule has 2 rings (SSSR count). The molecule has 0 aliphatic carbocycles. The van der Waals surface area contributed by atoms with Gasteiger partial charge in [-0.25, -0.2) is 0 Å². The van der Waals surface area contributed by atoms with E-state index < -0.39 is 0 Å². The number of methoxy groups -OCH3 is 1. The number of halogens is 2. The van der Waals surface area contributed by atoms with E-state index in [2.05, 4.69) is 40.2 Å². The van der Waals surface area contributed by atoms with Crippen molar-refractivity contribution in [3.05, 3.63) is 58.6 Å². The van der Waals surface area contributed by atoms with E-state index in [4.69, 9.17) is 21.1 Å². The van der Waals surface area contributed by atoms with Gasteiger partial charge in [0.2, 0.25) is 0 Å². The van der Waals surface area contributed by atoms with E-state index in [9.17, 15) is 0 Å². The molecule has 0 amide bonds. The van der Waals surface area contributed by atoms with Gasteiger partial charge in [0.15, 0.2) is 11.5 Å². The zero-order valence-corrected chi connectivity index (χ0v) is 14.3. The minimum absolute atomic E-state index is 0.646. The second-order valence-corrected chi connectivity index (χ2v) is 5.66. The van der Waals surface area contributed by atoms with Gasteiger partial charge in [-0.2, -0.15) is 0 Å². The molecule has 2 nitrogen and oxygen atoms in total. The highest BCUT2D eigenvalue weighted by Crippen LogP contribution is 2.36. The molecule has 0 fully saturated rings. The lowest BCUT2D eigenvalue weighted by Crippen LogP contribution is -2.03. The van der Waals surface area contributed by atoms with Crippen molar-refractivity contribution < 1.29 is 9.47 Å². The van der Waals surface area contributed by atoms with E-state index in [1.54, 1.807) is 13.2 Å². The van der Waals surface area contributed by atoms with Gasteiger partial charge >= 0.3 is 0 Å². The van der Waals surface area contributed by atoms with E-state index in [0.29, 0.717) is 22.7 Å². The first-order valence-electron chi connectivity index (χ1n) is 6.83. The van der Waals surface area contributed by atoms with E-state index in [1.807, 2.05) is 12.1 Å². The SMILES string of the molecule is COc1cc(Cl)cc(CBr)c1OCCCc1ccccc1. The lowest BCUT2D eigenvalue weighted by molar-refractivity contribution is 0.287. The summed E-state index contributed by atoms with van der Waals surface area (Å²) in [5.74, 6) is 1.45. The molecule has 4 heteroatoms. The molecule has 0 N–H and O–H groups in total. The average molecular weight is 370 g/mol. The van der Waals surface area contributed by atoms with Crippen molar-refractivity contribution in [3.8, 4) is 11.5 Å². The monoisotopic (exact) mass is 368 g/mol. The Kier molecular flexibility index (Phi) is 6.40. The first-order chi connectivity index (χ1) is 10.2. The fraction of sp³-hybridized carbons (Fsp3) is 0.294. The summed E-state index contributed by atoms with van der Waals surface area (Å²) in [7, 11) is 1.63. The van der Waals surface area contributed by atoms with Crippen molar-refractivity contribution in [2.75, 3.05) is 13.7 Å². The van der Waals surface area contributed by atoms with E-state index in [-0.39, 0.29) is 0 Å². The second kappa shape index (κ2) is 8.30. The normalized spacial score (nSPS) is 10.4. The number of aryl methyl sites for hydroxylation is 1. The fourth-order valence-electron chi connectivity index (χ4n) is 2.13. The zero-order chi connectivity index (χ0) is 15.1. The molecule has 0 aliphatic heterocycles. The van der Waals surface area contributed by atoms with E-state index >= 15 is 0 Å². The number of rotatable bonds is 7. The number of ether oxygens (including phenoxy) is 2. The molecule has 0 radical (unpaired) electrons. The smallest absolute Gasteiger partial charge is 0.165 e.